The van der Waals surface area contributed by atoms with E-state index in [9.17, 15) is 0 Å². The molecule has 19 heavy (non-hydrogen) atoms. The highest BCUT2D eigenvalue weighted by atomic mass is 15.1. The summed E-state index contributed by atoms with van der Waals surface area (Å²) < 4.78 is 2.19. The summed E-state index contributed by atoms with van der Waals surface area (Å²) in [5, 5.41) is 0. The van der Waals surface area contributed by atoms with E-state index in [1.54, 1.807) is 6.20 Å². The van der Waals surface area contributed by atoms with Crippen LogP contribution >= 0.6 is 0 Å². The van der Waals surface area contributed by atoms with Crippen LogP contribution in [0.1, 0.15) is 27.7 Å². The number of anilines is 1. The first kappa shape index (κ1) is 13.6. The number of nitrogen functional groups attached to an aromatic ring is 1. The van der Waals surface area contributed by atoms with E-state index in [0.717, 1.165) is 17.8 Å². The number of nitrogens with zero attached hydrogens (tertiary/aromatic N) is 3. The van der Waals surface area contributed by atoms with E-state index in [1.807, 2.05) is 24.7 Å². The van der Waals surface area contributed by atoms with Gasteiger partial charge in [0.05, 0.1) is 18.2 Å². The Morgan fingerprint density at radius 2 is 2.11 bits per heavy atom. The van der Waals surface area contributed by atoms with E-state index in [2.05, 4.69) is 42.2 Å². The van der Waals surface area contributed by atoms with Crippen molar-refractivity contribution in [1.82, 2.24) is 14.5 Å². The Hall–Kier alpha value is -1.84. The van der Waals surface area contributed by atoms with Crippen molar-refractivity contribution in [2.24, 2.45) is 11.3 Å². The van der Waals surface area contributed by atoms with Gasteiger partial charge in [0.25, 0.3) is 0 Å². The second-order valence-electron chi connectivity index (χ2n) is 6.02. The lowest BCUT2D eigenvalue weighted by molar-refractivity contribution is 0.211. The third-order valence-corrected chi connectivity index (χ3v) is 3.93. The van der Waals surface area contributed by atoms with Crippen LogP contribution in [0.3, 0.4) is 0 Å². The van der Waals surface area contributed by atoms with Gasteiger partial charge >= 0.3 is 0 Å². The van der Waals surface area contributed by atoms with Crippen LogP contribution < -0.4 is 5.73 Å². The Morgan fingerprint density at radius 3 is 2.74 bits per heavy atom. The lowest BCUT2D eigenvalue weighted by Gasteiger charge is -2.30. The molecular weight excluding hydrogens is 236 g/mol. The van der Waals surface area contributed by atoms with Crippen molar-refractivity contribution in [1.29, 1.82) is 0 Å². The summed E-state index contributed by atoms with van der Waals surface area (Å²) >= 11 is 0. The van der Waals surface area contributed by atoms with Crippen molar-refractivity contribution < 1.29 is 0 Å². The van der Waals surface area contributed by atoms with Crippen molar-refractivity contribution in [2.75, 3.05) is 5.73 Å². The van der Waals surface area contributed by atoms with Gasteiger partial charge in [0.1, 0.15) is 5.82 Å². The standard InChI is InChI=1S/C15H22N4/c1-11(2)15(3,4)9-19-10-17-8-13(19)12-5-6-18-14(16)7-12/h5-8,10-11H,9H2,1-4H3,(H2,16,18). The lowest BCUT2D eigenvalue weighted by Crippen LogP contribution is -2.25. The van der Waals surface area contributed by atoms with Crippen LogP contribution in [0.25, 0.3) is 11.3 Å². The summed E-state index contributed by atoms with van der Waals surface area (Å²) in [7, 11) is 0. The molecule has 0 aliphatic carbocycles. The normalized spacial score (nSPS) is 12.1. The van der Waals surface area contributed by atoms with Crippen LogP contribution in [0, 0.1) is 11.3 Å². The fourth-order valence-corrected chi connectivity index (χ4v) is 1.92. The quantitative estimate of drug-likeness (QED) is 0.916. The van der Waals surface area contributed by atoms with Gasteiger partial charge in [-0.25, -0.2) is 9.97 Å². The summed E-state index contributed by atoms with van der Waals surface area (Å²) in [4.78, 5) is 8.30. The van der Waals surface area contributed by atoms with Gasteiger partial charge in [-0.15, -0.1) is 0 Å². The maximum Gasteiger partial charge on any atom is 0.123 e. The van der Waals surface area contributed by atoms with E-state index >= 15 is 0 Å². The Balaban J connectivity index is 2.33. The topological polar surface area (TPSA) is 56.7 Å². The SMILES string of the molecule is CC(C)C(C)(C)Cn1cncc1-c1ccnc(N)c1. The van der Waals surface area contributed by atoms with Gasteiger partial charge < -0.3 is 10.3 Å². The van der Waals surface area contributed by atoms with Crippen molar-refractivity contribution in [3.63, 3.8) is 0 Å². The average Bonchev–Trinajstić information content (AvgIpc) is 2.76. The number of aromatic nitrogens is 3. The summed E-state index contributed by atoms with van der Waals surface area (Å²) in [5.41, 5.74) is 8.11. The molecule has 0 bridgehead atoms. The Bertz CT molecular complexity index is 555. The van der Waals surface area contributed by atoms with Gasteiger partial charge in [-0.2, -0.15) is 0 Å². The lowest BCUT2D eigenvalue weighted by atomic mass is 9.81. The Labute approximate surface area is 114 Å². The number of imidazole rings is 1. The van der Waals surface area contributed by atoms with E-state index in [1.165, 1.54) is 0 Å². The zero-order valence-electron chi connectivity index (χ0n) is 12.1. The Kier molecular flexibility index (Phi) is 3.60. The molecule has 102 valence electrons. The molecule has 0 aliphatic rings. The number of pyridine rings is 1. The molecule has 0 amide bonds. The smallest absolute Gasteiger partial charge is 0.123 e. The second-order valence-corrected chi connectivity index (χ2v) is 6.02. The molecule has 0 saturated heterocycles. The molecule has 2 aromatic rings. The highest BCUT2D eigenvalue weighted by molar-refractivity contribution is 5.61. The fourth-order valence-electron chi connectivity index (χ4n) is 1.92. The van der Waals surface area contributed by atoms with Gasteiger partial charge in [0.2, 0.25) is 0 Å². The van der Waals surface area contributed by atoms with Crippen molar-refractivity contribution in [3.05, 3.63) is 30.9 Å². The van der Waals surface area contributed by atoms with Crippen LogP contribution in [-0.2, 0) is 6.54 Å². The molecule has 0 radical (unpaired) electrons. The molecule has 4 nitrogen and oxygen atoms in total. The molecule has 0 aromatic carbocycles. The van der Waals surface area contributed by atoms with E-state index < -0.39 is 0 Å². The van der Waals surface area contributed by atoms with Gasteiger partial charge in [0, 0.05) is 18.3 Å². The third kappa shape index (κ3) is 2.95. The molecule has 0 aliphatic heterocycles. The minimum Gasteiger partial charge on any atom is -0.384 e. The van der Waals surface area contributed by atoms with Crippen LogP contribution in [0.4, 0.5) is 5.82 Å². The minimum absolute atomic E-state index is 0.216. The second kappa shape index (κ2) is 5.03. The Morgan fingerprint density at radius 1 is 1.37 bits per heavy atom. The van der Waals surface area contributed by atoms with Crippen LogP contribution in [0.5, 0.6) is 0 Å². The first-order valence-electron chi connectivity index (χ1n) is 6.62. The molecule has 0 fully saturated rings. The molecule has 0 atom stereocenters. The zero-order chi connectivity index (χ0) is 14.0. The summed E-state index contributed by atoms with van der Waals surface area (Å²) in [6, 6.07) is 3.85. The van der Waals surface area contributed by atoms with Crippen molar-refractivity contribution >= 4 is 5.82 Å². The molecule has 2 rings (SSSR count). The number of rotatable bonds is 4. The highest BCUT2D eigenvalue weighted by Gasteiger charge is 2.24. The number of hydrogen-bond acceptors (Lipinski definition) is 3. The average molecular weight is 258 g/mol. The highest BCUT2D eigenvalue weighted by Crippen LogP contribution is 2.30. The minimum atomic E-state index is 0.216. The predicted octanol–water partition coefficient (Wildman–Crippen LogP) is 3.21. The molecule has 0 unspecified atom stereocenters. The summed E-state index contributed by atoms with van der Waals surface area (Å²) in [6.07, 6.45) is 5.50. The van der Waals surface area contributed by atoms with Crippen LogP contribution in [0.15, 0.2) is 30.9 Å². The van der Waals surface area contributed by atoms with Gasteiger partial charge in [0.15, 0.2) is 0 Å². The van der Waals surface area contributed by atoms with Crippen LogP contribution in [-0.4, -0.2) is 14.5 Å². The monoisotopic (exact) mass is 258 g/mol. The predicted molar refractivity (Wildman–Crippen MR) is 78.5 cm³/mol. The molecule has 2 heterocycles. The van der Waals surface area contributed by atoms with E-state index in [0.29, 0.717) is 11.7 Å². The van der Waals surface area contributed by atoms with Crippen molar-refractivity contribution in [3.8, 4) is 11.3 Å². The van der Waals surface area contributed by atoms with E-state index in [4.69, 9.17) is 5.73 Å². The molecule has 0 saturated carbocycles. The molecular formula is C15H22N4. The van der Waals surface area contributed by atoms with Gasteiger partial charge in [-0.05, 0) is 23.5 Å². The number of nitrogens with two attached hydrogens (primary N) is 1. The largest absolute Gasteiger partial charge is 0.384 e. The maximum atomic E-state index is 5.75. The first-order valence-corrected chi connectivity index (χ1v) is 6.62. The third-order valence-electron chi connectivity index (χ3n) is 3.93. The number of hydrogen-bond donors (Lipinski definition) is 1. The molecule has 0 spiro atoms. The molecule has 4 heteroatoms. The zero-order valence-corrected chi connectivity index (χ0v) is 12.1. The molecule has 2 aromatic heterocycles. The summed E-state index contributed by atoms with van der Waals surface area (Å²) in [6.45, 7) is 10.00. The van der Waals surface area contributed by atoms with Crippen LogP contribution in [0.2, 0.25) is 0 Å². The maximum absolute atomic E-state index is 5.75. The van der Waals surface area contributed by atoms with Gasteiger partial charge in [-0.3, -0.25) is 0 Å². The van der Waals surface area contributed by atoms with Gasteiger partial charge in [-0.1, -0.05) is 27.7 Å². The molecule has 2 N–H and O–H groups in total. The van der Waals surface area contributed by atoms with Crippen molar-refractivity contribution in [2.45, 2.75) is 34.2 Å². The fraction of sp³-hybridized carbons (Fsp3) is 0.467. The van der Waals surface area contributed by atoms with E-state index in [-0.39, 0.29) is 5.41 Å². The first-order chi connectivity index (χ1) is 8.90. The summed E-state index contributed by atoms with van der Waals surface area (Å²) in [5.74, 6) is 1.14.